The lowest BCUT2D eigenvalue weighted by atomic mass is 9.97. The molecule has 134 valence electrons. The van der Waals surface area contributed by atoms with E-state index < -0.39 is 11.9 Å². The Morgan fingerprint density at radius 1 is 1.40 bits per heavy atom. The number of pyridine rings is 1. The SMILES string of the molecule is O=C(COc1cccnc1)N1CCCC(c2ncc(C(F)(F)F)[nH]2)C1. The molecule has 0 bridgehead atoms. The van der Waals surface area contributed by atoms with E-state index in [1.54, 1.807) is 23.2 Å². The molecule has 0 radical (unpaired) electrons. The van der Waals surface area contributed by atoms with E-state index in [-0.39, 0.29) is 24.3 Å². The van der Waals surface area contributed by atoms with Gasteiger partial charge < -0.3 is 14.6 Å². The number of nitrogens with one attached hydrogen (secondary N) is 1. The number of hydrogen-bond acceptors (Lipinski definition) is 4. The van der Waals surface area contributed by atoms with Crippen LogP contribution < -0.4 is 4.74 Å². The smallest absolute Gasteiger partial charge is 0.432 e. The maximum atomic E-state index is 12.7. The van der Waals surface area contributed by atoms with Crippen molar-refractivity contribution in [3.05, 3.63) is 42.2 Å². The number of amides is 1. The third kappa shape index (κ3) is 4.28. The van der Waals surface area contributed by atoms with Crippen LogP contribution in [0.25, 0.3) is 0 Å². The second-order valence-corrected chi connectivity index (χ2v) is 5.84. The summed E-state index contributed by atoms with van der Waals surface area (Å²) < 4.78 is 43.4. The minimum Gasteiger partial charge on any atom is -0.482 e. The molecule has 1 N–H and O–H groups in total. The molecule has 0 spiro atoms. The second-order valence-electron chi connectivity index (χ2n) is 5.84. The highest BCUT2D eigenvalue weighted by molar-refractivity contribution is 5.78. The van der Waals surface area contributed by atoms with Crippen molar-refractivity contribution in [1.29, 1.82) is 0 Å². The minimum atomic E-state index is -4.45. The number of halogens is 3. The molecule has 2 aromatic heterocycles. The van der Waals surface area contributed by atoms with Crippen LogP contribution in [0.4, 0.5) is 13.2 Å². The van der Waals surface area contributed by atoms with E-state index in [4.69, 9.17) is 4.74 Å². The third-order valence-electron chi connectivity index (χ3n) is 4.06. The van der Waals surface area contributed by atoms with Gasteiger partial charge in [-0.05, 0) is 25.0 Å². The van der Waals surface area contributed by atoms with Crippen LogP contribution in [0.3, 0.4) is 0 Å². The molecule has 3 heterocycles. The number of aromatic nitrogens is 3. The van der Waals surface area contributed by atoms with Gasteiger partial charge in [0.05, 0.1) is 12.4 Å². The number of carbonyl (C=O) groups excluding carboxylic acids is 1. The van der Waals surface area contributed by atoms with Crippen LogP contribution in [0.2, 0.25) is 0 Å². The van der Waals surface area contributed by atoms with Crippen molar-refractivity contribution in [3.63, 3.8) is 0 Å². The summed E-state index contributed by atoms with van der Waals surface area (Å²) in [4.78, 5) is 23.9. The van der Waals surface area contributed by atoms with Crippen LogP contribution >= 0.6 is 0 Å². The molecule has 1 fully saturated rings. The van der Waals surface area contributed by atoms with Crippen molar-refractivity contribution in [1.82, 2.24) is 19.9 Å². The van der Waals surface area contributed by atoms with Crippen molar-refractivity contribution in [2.45, 2.75) is 24.9 Å². The first-order valence-electron chi connectivity index (χ1n) is 7.86. The fourth-order valence-corrected chi connectivity index (χ4v) is 2.78. The number of carbonyl (C=O) groups is 1. The van der Waals surface area contributed by atoms with Crippen LogP contribution in [-0.4, -0.2) is 45.5 Å². The Morgan fingerprint density at radius 2 is 2.24 bits per heavy atom. The number of likely N-dealkylation sites (tertiary alicyclic amines) is 1. The molecule has 1 atom stereocenters. The number of H-pyrrole nitrogens is 1. The lowest BCUT2D eigenvalue weighted by Crippen LogP contribution is -2.41. The quantitative estimate of drug-likeness (QED) is 0.916. The summed E-state index contributed by atoms with van der Waals surface area (Å²) in [6.07, 6.45) is 0.828. The molecule has 1 saturated heterocycles. The van der Waals surface area contributed by atoms with Gasteiger partial charge in [0.15, 0.2) is 6.61 Å². The molecule has 25 heavy (non-hydrogen) atoms. The Balaban J connectivity index is 1.59. The molecule has 1 unspecified atom stereocenters. The van der Waals surface area contributed by atoms with E-state index in [2.05, 4.69) is 15.0 Å². The van der Waals surface area contributed by atoms with Gasteiger partial charge in [-0.1, -0.05) is 0 Å². The Morgan fingerprint density at radius 3 is 2.92 bits per heavy atom. The van der Waals surface area contributed by atoms with Gasteiger partial charge in [-0.15, -0.1) is 0 Å². The minimum absolute atomic E-state index is 0.135. The number of piperidine rings is 1. The molecule has 1 aliphatic rings. The molecule has 3 rings (SSSR count). The Kier molecular flexibility index (Phi) is 4.91. The first-order valence-corrected chi connectivity index (χ1v) is 7.86. The standard InChI is InChI=1S/C16H17F3N4O2/c17-16(18,19)13-8-21-15(22-13)11-3-2-6-23(9-11)14(24)10-25-12-4-1-5-20-7-12/h1,4-5,7-8,11H,2-3,6,9-10H2,(H,21,22). The Labute approximate surface area is 142 Å². The second kappa shape index (κ2) is 7.12. The number of aromatic amines is 1. The fraction of sp³-hybridized carbons (Fsp3) is 0.438. The summed E-state index contributed by atoms with van der Waals surface area (Å²) in [6, 6.07) is 3.40. The van der Waals surface area contributed by atoms with Crippen molar-refractivity contribution in [2.24, 2.45) is 0 Å². The van der Waals surface area contributed by atoms with E-state index >= 15 is 0 Å². The predicted molar refractivity (Wildman–Crippen MR) is 81.9 cm³/mol. The molecule has 0 aromatic carbocycles. The number of alkyl halides is 3. The van der Waals surface area contributed by atoms with Gasteiger partial charge in [-0.3, -0.25) is 9.78 Å². The maximum absolute atomic E-state index is 12.7. The van der Waals surface area contributed by atoms with Crippen molar-refractivity contribution < 1.29 is 22.7 Å². The van der Waals surface area contributed by atoms with Gasteiger partial charge in [0.2, 0.25) is 0 Å². The molecule has 0 aliphatic carbocycles. The number of hydrogen-bond donors (Lipinski definition) is 1. The zero-order chi connectivity index (χ0) is 17.9. The van der Waals surface area contributed by atoms with E-state index in [0.717, 1.165) is 6.20 Å². The summed E-state index contributed by atoms with van der Waals surface area (Å²) in [5, 5.41) is 0. The molecular formula is C16H17F3N4O2. The summed E-state index contributed by atoms with van der Waals surface area (Å²) in [5.41, 5.74) is -0.870. The predicted octanol–water partition coefficient (Wildman–Crippen LogP) is 2.61. The van der Waals surface area contributed by atoms with Crippen LogP contribution in [0.15, 0.2) is 30.7 Å². The van der Waals surface area contributed by atoms with Crippen LogP contribution in [-0.2, 0) is 11.0 Å². The average molecular weight is 354 g/mol. The number of rotatable bonds is 4. The van der Waals surface area contributed by atoms with Crippen LogP contribution in [0.1, 0.15) is 30.3 Å². The van der Waals surface area contributed by atoms with Gasteiger partial charge in [0.1, 0.15) is 17.3 Å². The zero-order valence-corrected chi connectivity index (χ0v) is 13.3. The van der Waals surface area contributed by atoms with Gasteiger partial charge in [0.25, 0.3) is 5.91 Å². The zero-order valence-electron chi connectivity index (χ0n) is 13.3. The summed E-state index contributed by atoms with van der Waals surface area (Å²) in [6.45, 7) is 0.739. The molecule has 2 aromatic rings. The molecule has 0 saturated carbocycles. The lowest BCUT2D eigenvalue weighted by Gasteiger charge is -2.31. The highest BCUT2D eigenvalue weighted by atomic mass is 19.4. The fourth-order valence-electron chi connectivity index (χ4n) is 2.78. The normalized spacial score (nSPS) is 18.2. The third-order valence-corrected chi connectivity index (χ3v) is 4.06. The molecule has 1 amide bonds. The van der Waals surface area contributed by atoms with E-state index in [1.165, 1.54) is 6.20 Å². The van der Waals surface area contributed by atoms with Crippen molar-refractivity contribution >= 4 is 5.91 Å². The van der Waals surface area contributed by atoms with Gasteiger partial charge in [0, 0.05) is 25.2 Å². The molecule has 6 nitrogen and oxygen atoms in total. The van der Waals surface area contributed by atoms with Crippen molar-refractivity contribution in [2.75, 3.05) is 19.7 Å². The first-order chi connectivity index (χ1) is 11.9. The van der Waals surface area contributed by atoms with E-state index in [0.29, 0.717) is 31.7 Å². The highest BCUT2D eigenvalue weighted by Crippen LogP contribution is 2.31. The summed E-state index contributed by atoms with van der Waals surface area (Å²) in [7, 11) is 0. The van der Waals surface area contributed by atoms with Crippen LogP contribution in [0, 0.1) is 0 Å². The Hall–Kier alpha value is -2.58. The monoisotopic (exact) mass is 354 g/mol. The number of imidazole rings is 1. The van der Waals surface area contributed by atoms with Crippen LogP contribution in [0.5, 0.6) is 5.75 Å². The first kappa shape index (κ1) is 17.2. The topological polar surface area (TPSA) is 71.1 Å². The van der Waals surface area contributed by atoms with E-state index in [1.807, 2.05) is 0 Å². The molecule has 1 aliphatic heterocycles. The maximum Gasteiger partial charge on any atom is 0.432 e. The Bertz CT molecular complexity index is 718. The molecule has 9 heteroatoms. The van der Waals surface area contributed by atoms with E-state index in [9.17, 15) is 18.0 Å². The van der Waals surface area contributed by atoms with Gasteiger partial charge in [-0.2, -0.15) is 13.2 Å². The largest absolute Gasteiger partial charge is 0.482 e. The molecular weight excluding hydrogens is 337 g/mol. The summed E-state index contributed by atoms with van der Waals surface area (Å²) in [5.74, 6) is 0.298. The summed E-state index contributed by atoms with van der Waals surface area (Å²) >= 11 is 0. The van der Waals surface area contributed by atoms with Gasteiger partial charge >= 0.3 is 6.18 Å². The average Bonchev–Trinajstić information content (AvgIpc) is 3.11. The van der Waals surface area contributed by atoms with Crippen molar-refractivity contribution in [3.8, 4) is 5.75 Å². The number of ether oxygens (including phenoxy) is 1. The highest BCUT2D eigenvalue weighted by Gasteiger charge is 2.34. The number of nitrogens with zero attached hydrogens (tertiary/aromatic N) is 3. The van der Waals surface area contributed by atoms with Gasteiger partial charge in [-0.25, -0.2) is 4.98 Å². The lowest BCUT2D eigenvalue weighted by molar-refractivity contribution is -0.141.